The standard InChI is InChI=1S/C24H31N7O6/c1-24(2,3)37-23(34)26-14-20(32)27-19-9-8-17(22(25)28-19)30-29-16-6-4-5-7-18(16)36-21(33)15-31-10-12-35-13-11-31/h4-9H,10-15H2,1-3H3,(H,26,34)(H3,25,27,28,32). The van der Waals surface area contributed by atoms with E-state index < -0.39 is 23.6 Å². The van der Waals surface area contributed by atoms with Crippen molar-refractivity contribution in [1.82, 2.24) is 15.2 Å². The van der Waals surface area contributed by atoms with Gasteiger partial charge in [0.1, 0.15) is 29.3 Å². The predicted octanol–water partition coefficient (Wildman–Crippen LogP) is 2.78. The van der Waals surface area contributed by atoms with E-state index in [0.29, 0.717) is 32.0 Å². The van der Waals surface area contributed by atoms with Crippen molar-refractivity contribution in [3.05, 3.63) is 36.4 Å². The first-order chi connectivity index (χ1) is 17.6. The van der Waals surface area contributed by atoms with Crippen LogP contribution in [0.15, 0.2) is 46.6 Å². The lowest BCUT2D eigenvalue weighted by Gasteiger charge is -2.25. The highest BCUT2D eigenvalue weighted by Gasteiger charge is 2.18. The molecule has 0 spiro atoms. The molecule has 13 heteroatoms. The fourth-order valence-electron chi connectivity index (χ4n) is 3.11. The Bertz CT molecular complexity index is 1140. The van der Waals surface area contributed by atoms with E-state index in [1.165, 1.54) is 12.1 Å². The van der Waals surface area contributed by atoms with Gasteiger partial charge in [0.25, 0.3) is 0 Å². The van der Waals surface area contributed by atoms with Gasteiger partial charge in [-0.25, -0.2) is 9.78 Å². The molecule has 1 fully saturated rings. The summed E-state index contributed by atoms with van der Waals surface area (Å²) in [7, 11) is 0. The highest BCUT2D eigenvalue weighted by atomic mass is 16.6. The number of nitrogens with one attached hydrogen (secondary N) is 2. The van der Waals surface area contributed by atoms with Gasteiger partial charge in [-0.1, -0.05) is 12.1 Å². The van der Waals surface area contributed by atoms with Crippen LogP contribution < -0.4 is 21.1 Å². The predicted molar refractivity (Wildman–Crippen MR) is 135 cm³/mol. The van der Waals surface area contributed by atoms with Crippen LogP contribution in [0.4, 0.5) is 27.8 Å². The highest BCUT2D eigenvalue weighted by molar-refractivity contribution is 5.93. The zero-order valence-corrected chi connectivity index (χ0v) is 21.0. The molecule has 0 atom stereocenters. The quantitative estimate of drug-likeness (QED) is 0.273. The van der Waals surface area contributed by atoms with E-state index in [4.69, 9.17) is 19.9 Å². The van der Waals surface area contributed by atoms with Crippen LogP contribution in [-0.2, 0) is 19.1 Å². The topological polar surface area (TPSA) is 170 Å². The summed E-state index contributed by atoms with van der Waals surface area (Å²) >= 11 is 0. The summed E-state index contributed by atoms with van der Waals surface area (Å²) in [4.78, 5) is 42.2. The number of morpholine rings is 1. The summed E-state index contributed by atoms with van der Waals surface area (Å²) < 4.78 is 15.9. The number of hydrogen-bond acceptors (Lipinski definition) is 11. The van der Waals surface area contributed by atoms with E-state index in [0.717, 1.165) is 0 Å². The SMILES string of the molecule is CC(C)(C)OC(=O)NCC(=O)Nc1ccc(N=Nc2ccccc2OC(=O)CN2CCOCC2)c(N)n1. The summed E-state index contributed by atoms with van der Waals surface area (Å²) in [6, 6.07) is 9.74. The molecule has 198 valence electrons. The van der Waals surface area contributed by atoms with Gasteiger partial charge in [0.2, 0.25) is 5.91 Å². The summed E-state index contributed by atoms with van der Waals surface area (Å²) in [5.74, 6) is -0.474. The number of carbonyl (C=O) groups is 3. The van der Waals surface area contributed by atoms with Crippen molar-refractivity contribution in [2.75, 3.05) is 50.4 Å². The maximum Gasteiger partial charge on any atom is 0.408 e. The lowest BCUT2D eigenvalue weighted by Crippen LogP contribution is -2.40. The Morgan fingerprint density at radius 3 is 2.49 bits per heavy atom. The van der Waals surface area contributed by atoms with E-state index in [-0.39, 0.29) is 36.2 Å². The van der Waals surface area contributed by atoms with Crippen LogP contribution in [0.3, 0.4) is 0 Å². The van der Waals surface area contributed by atoms with Crippen molar-refractivity contribution in [3.8, 4) is 5.75 Å². The first-order valence-electron chi connectivity index (χ1n) is 11.6. The number of carbonyl (C=O) groups excluding carboxylic acids is 3. The summed E-state index contributed by atoms with van der Waals surface area (Å²) in [5, 5.41) is 13.1. The number of nitrogens with two attached hydrogens (primary N) is 1. The lowest BCUT2D eigenvalue weighted by molar-refractivity contribution is -0.136. The molecule has 1 aromatic heterocycles. The van der Waals surface area contributed by atoms with Crippen molar-refractivity contribution in [2.45, 2.75) is 26.4 Å². The lowest BCUT2D eigenvalue weighted by atomic mass is 10.2. The number of hydrogen-bond donors (Lipinski definition) is 3. The average Bonchev–Trinajstić information content (AvgIpc) is 2.83. The summed E-state index contributed by atoms with van der Waals surface area (Å²) in [6.45, 7) is 7.49. The van der Waals surface area contributed by atoms with Gasteiger partial charge in [0, 0.05) is 13.1 Å². The van der Waals surface area contributed by atoms with Crippen LogP contribution in [-0.4, -0.2) is 72.8 Å². The Balaban J connectivity index is 1.57. The van der Waals surface area contributed by atoms with Crippen LogP contribution in [0.25, 0.3) is 0 Å². The van der Waals surface area contributed by atoms with E-state index in [1.807, 2.05) is 4.90 Å². The first-order valence-corrected chi connectivity index (χ1v) is 11.6. The number of alkyl carbamates (subject to hydrolysis) is 1. The molecular weight excluding hydrogens is 482 g/mol. The van der Waals surface area contributed by atoms with Gasteiger partial charge < -0.3 is 30.6 Å². The minimum atomic E-state index is -0.710. The molecule has 0 unspecified atom stereocenters. The van der Waals surface area contributed by atoms with Crippen LogP contribution >= 0.6 is 0 Å². The van der Waals surface area contributed by atoms with Crippen molar-refractivity contribution < 1.29 is 28.6 Å². The molecule has 1 saturated heterocycles. The fourth-order valence-corrected chi connectivity index (χ4v) is 3.11. The smallest absolute Gasteiger partial charge is 0.408 e. The Morgan fingerprint density at radius 1 is 1.08 bits per heavy atom. The molecule has 2 aromatic rings. The van der Waals surface area contributed by atoms with Gasteiger partial charge in [-0.15, -0.1) is 10.2 Å². The summed E-state index contributed by atoms with van der Waals surface area (Å²) in [6.07, 6.45) is -0.710. The number of rotatable bonds is 8. The number of esters is 1. The monoisotopic (exact) mass is 513 g/mol. The van der Waals surface area contributed by atoms with Gasteiger partial charge in [-0.3, -0.25) is 14.5 Å². The fraction of sp³-hybridized carbons (Fsp3) is 0.417. The number of nitrogen functional groups attached to an aromatic ring is 1. The Morgan fingerprint density at radius 2 is 1.78 bits per heavy atom. The van der Waals surface area contributed by atoms with Gasteiger partial charge >= 0.3 is 12.1 Å². The number of pyridine rings is 1. The number of ether oxygens (including phenoxy) is 3. The van der Waals surface area contributed by atoms with Crippen molar-refractivity contribution >= 4 is 41.0 Å². The molecule has 1 aliphatic heterocycles. The maximum atomic E-state index is 12.4. The van der Waals surface area contributed by atoms with E-state index in [2.05, 4.69) is 25.8 Å². The van der Waals surface area contributed by atoms with Crippen LogP contribution in [0.1, 0.15) is 20.8 Å². The van der Waals surface area contributed by atoms with Gasteiger partial charge in [-0.2, -0.15) is 0 Å². The normalized spacial score (nSPS) is 14.2. The molecule has 3 rings (SSSR count). The Kier molecular flexibility index (Phi) is 9.46. The molecule has 4 N–H and O–H groups in total. The average molecular weight is 514 g/mol. The molecule has 1 aliphatic rings. The largest absolute Gasteiger partial charge is 0.444 e. The van der Waals surface area contributed by atoms with Crippen LogP contribution in [0, 0.1) is 0 Å². The number of anilines is 2. The molecule has 1 aromatic carbocycles. The molecule has 0 aliphatic carbocycles. The van der Waals surface area contributed by atoms with Gasteiger partial charge in [-0.05, 0) is 45.0 Å². The van der Waals surface area contributed by atoms with Gasteiger partial charge in [0.15, 0.2) is 11.6 Å². The third kappa shape index (κ3) is 9.46. The zero-order chi connectivity index (χ0) is 26.8. The van der Waals surface area contributed by atoms with E-state index in [1.54, 1.807) is 45.0 Å². The maximum absolute atomic E-state index is 12.4. The number of amides is 2. The molecule has 0 saturated carbocycles. The zero-order valence-electron chi connectivity index (χ0n) is 21.0. The molecule has 37 heavy (non-hydrogen) atoms. The van der Waals surface area contributed by atoms with E-state index in [9.17, 15) is 14.4 Å². The Hall–Kier alpha value is -4.10. The molecule has 2 heterocycles. The first kappa shape index (κ1) is 27.5. The second-order valence-electron chi connectivity index (χ2n) is 9.03. The van der Waals surface area contributed by atoms with Gasteiger partial charge in [0.05, 0.1) is 19.8 Å². The number of aromatic nitrogens is 1. The molecular formula is C24H31N7O6. The second-order valence-corrected chi connectivity index (χ2v) is 9.03. The van der Waals surface area contributed by atoms with E-state index >= 15 is 0 Å². The second kappa shape index (κ2) is 12.7. The molecule has 0 radical (unpaired) electrons. The Labute approximate surface area is 214 Å². The number of nitrogens with zero attached hydrogens (tertiary/aromatic N) is 4. The number of para-hydroxylation sites is 1. The number of azo groups is 1. The van der Waals surface area contributed by atoms with Crippen LogP contribution in [0.5, 0.6) is 5.75 Å². The van der Waals surface area contributed by atoms with Crippen molar-refractivity contribution in [2.24, 2.45) is 10.2 Å². The molecule has 0 bridgehead atoms. The molecule has 2 amide bonds. The summed E-state index contributed by atoms with van der Waals surface area (Å²) in [5.41, 5.74) is 5.88. The van der Waals surface area contributed by atoms with Crippen molar-refractivity contribution in [1.29, 1.82) is 0 Å². The minimum Gasteiger partial charge on any atom is -0.444 e. The third-order valence-corrected chi connectivity index (χ3v) is 4.77. The van der Waals surface area contributed by atoms with Crippen molar-refractivity contribution in [3.63, 3.8) is 0 Å². The molecule has 13 nitrogen and oxygen atoms in total. The number of benzene rings is 1. The van der Waals surface area contributed by atoms with Crippen LogP contribution in [0.2, 0.25) is 0 Å². The highest BCUT2D eigenvalue weighted by Crippen LogP contribution is 2.30. The minimum absolute atomic E-state index is 0.0171. The third-order valence-electron chi connectivity index (χ3n) is 4.77.